The van der Waals surface area contributed by atoms with E-state index in [1.54, 1.807) is 0 Å². The van der Waals surface area contributed by atoms with E-state index in [9.17, 15) is 4.79 Å². The fourth-order valence-corrected chi connectivity index (χ4v) is 4.27. The van der Waals surface area contributed by atoms with Crippen LogP contribution in [0.2, 0.25) is 5.02 Å². The summed E-state index contributed by atoms with van der Waals surface area (Å²) in [5.74, 6) is -0.108. The Balaban J connectivity index is 1.68. The van der Waals surface area contributed by atoms with Crippen LogP contribution in [-0.4, -0.2) is 25.7 Å². The van der Waals surface area contributed by atoms with Gasteiger partial charge < -0.3 is 10.1 Å². The number of halogens is 1. The molecule has 25 heavy (non-hydrogen) atoms. The van der Waals surface area contributed by atoms with Gasteiger partial charge in [0.25, 0.3) is 5.91 Å². The highest BCUT2D eigenvalue weighted by molar-refractivity contribution is 7.21. The van der Waals surface area contributed by atoms with Crippen molar-refractivity contribution >= 4 is 49.7 Å². The predicted molar refractivity (Wildman–Crippen MR) is 107 cm³/mol. The van der Waals surface area contributed by atoms with Crippen molar-refractivity contribution in [1.82, 2.24) is 5.32 Å². The number of nitrogens with one attached hydrogen (secondary N) is 1. The lowest BCUT2D eigenvalue weighted by molar-refractivity contribution is 0.0944. The molecule has 0 spiro atoms. The molecule has 0 radical (unpaired) electrons. The fourth-order valence-electron chi connectivity index (χ4n) is 2.78. The number of hydrogen-bond donors (Lipinski definition) is 1. The zero-order valence-electron chi connectivity index (χ0n) is 14.3. The molecule has 1 aromatic heterocycles. The van der Waals surface area contributed by atoms with Gasteiger partial charge in [0.2, 0.25) is 0 Å². The lowest BCUT2D eigenvalue weighted by Crippen LogP contribution is -2.24. The number of carbonyl (C=O) groups is 1. The number of hydrogen-bond acceptors (Lipinski definition) is 3. The summed E-state index contributed by atoms with van der Waals surface area (Å²) in [4.78, 5) is 13.1. The lowest BCUT2D eigenvalue weighted by Gasteiger charge is -2.05. The van der Waals surface area contributed by atoms with Gasteiger partial charge in [-0.3, -0.25) is 4.79 Å². The molecule has 0 aliphatic heterocycles. The van der Waals surface area contributed by atoms with Gasteiger partial charge in [-0.1, -0.05) is 55.3 Å². The maximum Gasteiger partial charge on any atom is 0.262 e. The molecule has 2 aromatic carbocycles. The van der Waals surface area contributed by atoms with E-state index >= 15 is 0 Å². The minimum atomic E-state index is -0.108. The highest BCUT2D eigenvalue weighted by atomic mass is 35.5. The van der Waals surface area contributed by atoms with Crippen LogP contribution in [0.5, 0.6) is 0 Å². The first kappa shape index (κ1) is 18.2. The minimum absolute atomic E-state index is 0.108. The first-order valence-electron chi connectivity index (χ1n) is 8.68. The third-order valence-corrected chi connectivity index (χ3v) is 5.76. The van der Waals surface area contributed by atoms with Gasteiger partial charge in [0.15, 0.2) is 0 Å². The topological polar surface area (TPSA) is 38.3 Å². The second-order valence-corrected chi connectivity index (χ2v) is 7.41. The van der Waals surface area contributed by atoms with Gasteiger partial charge in [0, 0.05) is 29.8 Å². The van der Waals surface area contributed by atoms with Gasteiger partial charge in [-0.15, -0.1) is 11.3 Å². The van der Waals surface area contributed by atoms with Crippen LogP contribution in [0.3, 0.4) is 0 Å². The molecule has 0 aliphatic carbocycles. The molecule has 0 bridgehead atoms. The van der Waals surface area contributed by atoms with E-state index < -0.39 is 0 Å². The molecule has 132 valence electrons. The average molecular weight is 376 g/mol. The number of rotatable bonds is 8. The first-order valence-corrected chi connectivity index (χ1v) is 9.87. The van der Waals surface area contributed by atoms with Crippen molar-refractivity contribution in [2.24, 2.45) is 0 Å². The van der Waals surface area contributed by atoms with E-state index in [-0.39, 0.29) is 5.91 Å². The van der Waals surface area contributed by atoms with Crippen LogP contribution < -0.4 is 5.32 Å². The number of benzene rings is 2. The second-order valence-electron chi connectivity index (χ2n) is 5.98. The zero-order valence-corrected chi connectivity index (χ0v) is 15.9. The molecular weight excluding hydrogens is 354 g/mol. The van der Waals surface area contributed by atoms with Gasteiger partial charge in [0.05, 0.1) is 5.02 Å². The Bertz CT molecular complexity index is 875. The van der Waals surface area contributed by atoms with Gasteiger partial charge >= 0.3 is 0 Å². The number of ether oxygens (including phenoxy) is 1. The number of amides is 1. The van der Waals surface area contributed by atoms with Crippen molar-refractivity contribution in [2.75, 3.05) is 19.8 Å². The molecule has 5 heteroatoms. The molecule has 3 rings (SSSR count). The Morgan fingerprint density at radius 1 is 1.16 bits per heavy atom. The van der Waals surface area contributed by atoms with E-state index in [2.05, 4.69) is 24.4 Å². The van der Waals surface area contributed by atoms with E-state index in [1.165, 1.54) is 11.3 Å². The monoisotopic (exact) mass is 375 g/mol. The minimum Gasteiger partial charge on any atom is -0.381 e. The van der Waals surface area contributed by atoms with Crippen molar-refractivity contribution in [2.45, 2.75) is 26.2 Å². The normalized spacial score (nSPS) is 11.3. The average Bonchev–Trinajstić information content (AvgIpc) is 2.98. The van der Waals surface area contributed by atoms with Gasteiger partial charge in [-0.2, -0.15) is 0 Å². The van der Waals surface area contributed by atoms with Crippen LogP contribution in [0.25, 0.3) is 20.9 Å². The molecule has 3 aromatic rings. The Morgan fingerprint density at radius 3 is 2.80 bits per heavy atom. The molecule has 1 N–H and O–H groups in total. The molecule has 0 unspecified atom stereocenters. The maximum atomic E-state index is 12.5. The SMILES string of the molecule is CCCCOCCCNC(=O)c1sc2ccc3ccccc3c2c1Cl. The number of unbranched alkanes of at least 4 members (excludes halogenated alkanes) is 1. The summed E-state index contributed by atoms with van der Waals surface area (Å²) in [6, 6.07) is 12.2. The summed E-state index contributed by atoms with van der Waals surface area (Å²) >= 11 is 8.00. The van der Waals surface area contributed by atoms with Crippen molar-refractivity contribution in [3.8, 4) is 0 Å². The summed E-state index contributed by atoms with van der Waals surface area (Å²) in [5, 5.41) is 6.68. The lowest BCUT2D eigenvalue weighted by atomic mass is 10.1. The predicted octanol–water partition coefficient (Wildman–Crippen LogP) is 5.64. The summed E-state index contributed by atoms with van der Waals surface area (Å²) in [6.45, 7) is 4.20. The smallest absolute Gasteiger partial charge is 0.262 e. The van der Waals surface area contributed by atoms with Gasteiger partial charge in [-0.25, -0.2) is 0 Å². The van der Waals surface area contributed by atoms with E-state index in [4.69, 9.17) is 16.3 Å². The molecule has 0 atom stereocenters. The Morgan fingerprint density at radius 2 is 1.96 bits per heavy atom. The molecule has 0 fully saturated rings. The van der Waals surface area contributed by atoms with E-state index in [1.807, 2.05) is 24.3 Å². The van der Waals surface area contributed by atoms with Crippen LogP contribution in [0.4, 0.5) is 0 Å². The number of fused-ring (bicyclic) bond motifs is 3. The quantitative estimate of drug-likeness (QED) is 0.517. The molecule has 1 amide bonds. The molecular formula is C20H22ClNO2S. The third kappa shape index (κ3) is 4.14. The van der Waals surface area contributed by atoms with Crippen LogP contribution in [0.1, 0.15) is 35.9 Å². The molecule has 0 saturated heterocycles. The maximum absolute atomic E-state index is 12.5. The van der Waals surface area contributed by atoms with Gasteiger partial charge in [0.1, 0.15) is 4.88 Å². The fraction of sp³-hybridized carbons (Fsp3) is 0.350. The molecule has 0 aliphatic rings. The third-order valence-electron chi connectivity index (χ3n) is 4.12. The van der Waals surface area contributed by atoms with E-state index in [0.29, 0.717) is 23.1 Å². The number of thiophene rings is 1. The van der Waals surface area contributed by atoms with Crippen molar-refractivity contribution < 1.29 is 9.53 Å². The zero-order chi connectivity index (χ0) is 17.6. The van der Waals surface area contributed by atoms with Crippen molar-refractivity contribution in [1.29, 1.82) is 0 Å². The summed E-state index contributed by atoms with van der Waals surface area (Å²) in [7, 11) is 0. The first-order chi connectivity index (χ1) is 12.2. The molecule has 1 heterocycles. The number of carbonyl (C=O) groups excluding carboxylic acids is 1. The van der Waals surface area contributed by atoms with Gasteiger partial charge in [-0.05, 0) is 29.7 Å². The highest BCUT2D eigenvalue weighted by Crippen LogP contribution is 2.39. The Kier molecular flexibility index (Phi) is 6.29. The summed E-state index contributed by atoms with van der Waals surface area (Å²) in [5.41, 5.74) is 0. The van der Waals surface area contributed by atoms with Crippen molar-refractivity contribution in [3.05, 3.63) is 46.3 Å². The molecule has 3 nitrogen and oxygen atoms in total. The summed E-state index contributed by atoms with van der Waals surface area (Å²) < 4.78 is 6.55. The van der Waals surface area contributed by atoms with Crippen molar-refractivity contribution in [3.63, 3.8) is 0 Å². The Hall–Kier alpha value is -1.62. The van der Waals surface area contributed by atoms with Crippen LogP contribution in [0.15, 0.2) is 36.4 Å². The largest absolute Gasteiger partial charge is 0.381 e. The second kappa shape index (κ2) is 8.65. The highest BCUT2D eigenvalue weighted by Gasteiger charge is 2.18. The summed E-state index contributed by atoms with van der Waals surface area (Å²) in [6.07, 6.45) is 3.02. The Labute approximate surface area is 156 Å². The van der Waals surface area contributed by atoms with Crippen LogP contribution in [0, 0.1) is 0 Å². The van der Waals surface area contributed by atoms with E-state index in [0.717, 1.165) is 46.7 Å². The molecule has 0 saturated carbocycles. The van der Waals surface area contributed by atoms with Crippen LogP contribution >= 0.6 is 22.9 Å². The standard InChI is InChI=1S/C20H22ClNO2S/c1-2-3-12-24-13-6-11-22-20(23)19-18(21)17-15-8-5-4-7-14(15)9-10-16(17)25-19/h4-5,7-10H,2-3,6,11-13H2,1H3,(H,22,23). The van der Waals surface area contributed by atoms with Crippen LogP contribution in [-0.2, 0) is 4.74 Å².